The van der Waals surface area contributed by atoms with Crippen LogP contribution >= 0.6 is 0 Å². The van der Waals surface area contributed by atoms with E-state index >= 15 is 0 Å². The minimum absolute atomic E-state index is 0.120. The maximum atomic E-state index is 13.0. The Bertz CT molecular complexity index is 1170. The van der Waals surface area contributed by atoms with Crippen LogP contribution in [0.2, 0.25) is 0 Å². The van der Waals surface area contributed by atoms with E-state index in [-0.39, 0.29) is 10.6 Å². The van der Waals surface area contributed by atoms with Crippen LogP contribution in [-0.2, 0) is 24.1 Å². The SMILES string of the molecule is COc1ccc(C)cc1NS(=O)(=O)c1cc2c(cc1C)n(C)c(=O)n2C. The van der Waals surface area contributed by atoms with Crippen molar-refractivity contribution in [1.29, 1.82) is 0 Å². The highest BCUT2D eigenvalue weighted by Crippen LogP contribution is 2.29. The third-order valence-electron chi connectivity index (χ3n) is 4.46. The van der Waals surface area contributed by atoms with E-state index in [9.17, 15) is 13.2 Å². The molecule has 0 amide bonds. The van der Waals surface area contributed by atoms with Crippen LogP contribution in [0, 0.1) is 13.8 Å². The highest BCUT2D eigenvalue weighted by Gasteiger charge is 2.21. The summed E-state index contributed by atoms with van der Waals surface area (Å²) in [5.74, 6) is 0.435. The maximum Gasteiger partial charge on any atom is 0.328 e. The Hall–Kier alpha value is -2.74. The third-order valence-corrected chi connectivity index (χ3v) is 5.97. The van der Waals surface area contributed by atoms with Crippen molar-refractivity contribution in [3.05, 3.63) is 51.9 Å². The number of hydrogen-bond acceptors (Lipinski definition) is 4. The molecular formula is C18H21N3O4S. The number of ether oxygens (including phenoxy) is 1. The summed E-state index contributed by atoms with van der Waals surface area (Å²) in [4.78, 5) is 12.2. The molecular weight excluding hydrogens is 354 g/mol. The minimum atomic E-state index is -3.86. The number of benzene rings is 2. The number of nitrogens with zero attached hydrogens (tertiary/aromatic N) is 2. The lowest BCUT2D eigenvalue weighted by atomic mass is 10.2. The van der Waals surface area contributed by atoms with Gasteiger partial charge in [0, 0.05) is 14.1 Å². The molecule has 0 aliphatic heterocycles. The van der Waals surface area contributed by atoms with Crippen LogP contribution in [0.3, 0.4) is 0 Å². The van der Waals surface area contributed by atoms with Crippen molar-refractivity contribution >= 4 is 26.7 Å². The van der Waals surface area contributed by atoms with Crippen molar-refractivity contribution in [2.24, 2.45) is 14.1 Å². The number of aromatic nitrogens is 2. The summed E-state index contributed by atoms with van der Waals surface area (Å²) in [7, 11) is 0.905. The predicted molar refractivity (Wildman–Crippen MR) is 101 cm³/mol. The number of anilines is 1. The van der Waals surface area contributed by atoms with Gasteiger partial charge in [-0.1, -0.05) is 6.07 Å². The summed E-state index contributed by atoms with van der Waals surface area (Å²) >= 11 is 0. The van der Waals surface area contributed by atoms with Crippen molar-refractivity contribution in [1.82, 2.24) is 9.13 Å². The van der Waals surface area contributed by atoms with E-state index in [4.69, 9.17) is 4.74 Å². The first-order valence-corrected chi connectivity index (χ1v) is 9.47. The molecule has 1 heterocycles. The van der Waals surface area contributed by atoms with E-state index < -0.39 is 10.0 Å². The van der Waals surface area contributed by atoms with Crippen LogP contribution in [-0.4, -0.2) is 24.7 Å². The van der Waals surface area contributed by atoms with E-state index in [0.29, 0.717) is 28.0 Å². The summed E-state index contributed by atoms with van der Waals surface area (Å²) in [6, 6.07) is 8.50. The van der Waals surface area contributed by atoms with Crippen LogP contribution in [0.15, 0.2) is 40.0 Å². The number of fused-ring (bicyclic) bond motifs is 1. The second-order valence-electron chi connectivity index (χ2n) is 6.32. The van der Waals surface area contributed by atoms with Gasteiger partial charge >= 0.3 is 5.69 Å². The fourth-order valence-corrected chi connectivity index (χ4v) is 4.33. The fourth-order valence-electron chi connectivity index (χ4n) is 3.02. The van der Waals surface area contributed by atoms with Gasteiger partial charge in [-0.05, 0) is 49.2 Å². The van der Waals surface area contributed by atoms with Gasteiger partial charge < -0.3 is 4.74 Å². The molecule has 0 fully saturated rings. The molecule has 0 bridgehead atoms. The molecule has 0 aliphatic rings. The average Bonchev–Trinajstić information content (AvgIpc) is 2.78. The van der Waals surface area contributed by atoms with Crippen LogP contribution < -0.4 is 15.1 Å². The molecule has 0 radical (unpaired) electrons. The van der Waals surface area contributed by atoms with Crippen molar-refractivity contribution in [2.75, 3.05) is 11.8 Å². The lowest BCUT2D eigenvalue weighted by Gasteiger charge is -2.14. The normalized spacial score (nSPS) is 11.7. The van der Waals surface area contributed by atoms with Crippen LogP contribution in [0.5, 0.6) is 5.75 Å². The van der Waals surface area contributed by atoms with Crippen molar-refractivity contribution < 1.29 is 13.2 Å². The van der Waals surface area contributed by atoms with E-state index in [1.54, 1.807) is 39.2 Å². The quantitative estimate of drug-likeness (QED) is 0.759. The molecule has 26 heavy (non-hydrogen) atoms. The molecule has 0 atom stereocenters. The molecule has 1 N–H and O–H groups in total. The number of methoxy groups -OCH3 is 1. The maximum absolute atomic E-state index is 13.0. The zero-order chi connectivity index (χ0) is 19.2. The topological polar surface area (TPSA) is 82.3 Å². The smallest absolute Gasteiger partial charge is 0.328 e. The molecule has 3 aromatic rings. The molecule has 1 aromatic heterocycles. The van der Waals surface area contributed by atoms with Gasteiger partial charge in [0.25, 0.3) is 10.0 Å². The highest BCUT2D eigenvalue weighted by molar-refractivity contribution is 7.92. The number of aryl methyl sites for hydroxylation is 4. The highest BCUT2D eigenvalue weighted by atomic mass is 32.2. The number of imidazole rings is 1. The summed E-state index contributed by atoms with van der Waals surface area (Å²) in [5, 5.41) is 0. The van der Waals surface area contributed by atoms with Crippen LogP contribution in [0.1, 0.15) is 11.1 Å². The first-order valence-electron chi connectivity index (χ1n) is 7.99. The van der Waals surface area contributed by atoms with Gasteiger partial charge in [-0.3, -0.25) is 13.9 Å². The third kappa shape index (κ3) is 2.86. The van der Waals surface area contributed by atoms with E-state index in [1.165, 1.54) is 22.3 Å². The molecule has 0 unspecified atom stereocenters. The zero-order valence-electron chi connectivity index (χ0n) is 15.3. The molecule has 7 nitrogen and oxygen atoms in total. The summed E-state index contributed by atoms with van der Waals surface area (Å²) in [6.07, 6.45) is 0. The van der Waals surface area contributed by atoms with Crippen molar-refractivity contribution in [3.8, 4) is 5.75 Å². The van der Waals surface area contributed by atoms with Gasteiger partial charge in [0.1, 0.15) is 5.75 Å². The second-order valence-corrected chi connectivity index (χ2v) is 7.97. The minimum Gasteiger partial charge on any atom is -0.495 e. The fraction of sp³-hybridized carbons (Fsp3) is 0.278. The monoisotopic (exact) mass is 375 g/mol. The number of nitrogens with one attached hydrogen (secondary N) is 1. The zero-order valence-corrected chi connectivity index (χ0v) is 16.1. The molecule has 0 saturated heterocycles. The van der Waals surface area contributed by atoms with Crippen molar-refractivity contribution in [2.45, 2.75) is 18.7 Å². The Morgan fingerprint density at radius 1 is 1.00 bits per heavy atom. The predicted octanol–water partition coefficient (Wildman–Crippen LogP) is 2.30. The largest absolute Gasteiger partial charge is 0.495 e. The molecule has 3 rings (SSSR count). The Morgan fingerprint density at radius 2 is 1.62 bits per heavy atom. The van der Waals surface area contributed by atoms with Gasteiger partial charge in [0.2, 0.25) is 0 Å². The lowest BCUT2D eigenvalue weighted by Crippen LogP contribution is -2.19. The van der Waals surface area contributed by atoms with Gasteiger partial charge in [0.15, 0.2) is 0 Å². The van der Waals surface area contributed by atoms with Gasteiger partial charge in [-0.2, -0.15) is 0 Å². The van der Waals surface area contributed by atoms with Gasteiger partial charge in [-0.15, -0.1) is 0 Å². The molecule has 0 saturated carbocycles. The first kappa shape index (κ1) is 18.1. The van der Waals surface area contributed by atoms with E-state index in [1.807, 2.05) is 13.0 Å². The number of hydrogen-bond donors (Lipinski definition) is 1. The average molecular weight is 375 g/mol. The van der Waals surface area contributed by atoms with E-state index in [2.05, 4.69) is 4.72 Å². The van der Waals surface area contributed by atoms with Crippen LogP contribution in [0.4, 0.5) is 5.69 Å². The van der Waals surface area contributed by atoms with Gasteiger partial charge in [-0.25, -0.2) is 13.2 Å². The standard InChI is InChI=1S/C18H21N3O4S/c1-11-6-7-16(25-5)13(8-11)19-26(23,24)17-10-15-14(9-12(17)2)20(3)18(22)21(15)4/h6-10,19H,1-5H3. The number of rotatable bonds is 4. The lowest BCUT2D eigenvalue weighted by molar-refractivity contribution is 0.417. The summed E-state index contributed by atoms with van der Waals surface area (Å²) in [6.45, 7) is 3.58. The first-order chi connectivity index (χ1) is 12.2. The van der Waals surface area contributed by atoms with E-state index in [0.717, 1.165) is 5.56 Å². The molecule has 8 heteroatoms. The Morgan fingerprint density at radius 3 is 2.23 bits per heavy atom. The molecule has 138 valence electrons. The Kier molecular flexibility index (Phi) is 4.31. The second kappa shape index (κ2) is 6.21. The van der Waals surface area contributed by atoms with Gasteiger partial charge in [0.05, 0.1) is 28.7 Å². The molecule has 2 aromatic carbocycles. The van der Waals surface area contributed by atoms with Crippen molar-refractivity contribution in [3.63, 3.8) is 0 Å². The van der Waals surface area contributed by atoms with Crippen LogP contribution in [0.25, 0.3) is 11.0 Å². The summed E-state index contributed by atoms with van der Waals surface area (Å²) < 4.78 is 36.7. The molecule has 0 aliphatic carbocycles. The number of sulfonamides is 1. The Labute approximate surface area is 151 Å². The Balaban J connectivity index is 2.16. The summed E-state index contributed by atoms with van der Waals surface area (Å²) in [5.41, 5.74) is 2.86. The molecule has 0 spiro atoms.